The molecule has 2 nitrogen and oxygen atoms in total. The highest BCUT2D eigenvalue weighted by Crippen LogP contribution is 2.36. The van der Waals surface area contributed by atoms with E-state index >= 15 is 0 Å². The van der Waals surface area contributed by atoms with Crippen molar-refractivity contribution in [2.24, 2.45) is 5.92 Å². The predicted molar refractivity (Wildman–Crippen MR) is 94.2 cm³/mol. The zero-order valence-corrected chi connectivity index (χ0v) is 14.0. The molecule has 118 valence electrons. The van der Waals surface area contributed by atoms with Gasteiger partial charge in [0.1, 0.15) is 0 Å². The molecule has 0 saturated heterocycles. The molecule has 1 aromatic carbocycles. The van der Waals surface area contributed by atoms with Crippen LogP contribution >= 0.6 is 0 Å². The van der Waals surface area contributed by atoms with Crippen LogP contribution in [0.1, 0.15) is 67.5 Å². The molecule has 1 aliphatic rings. The second kappa shape index (κ2) is 7.42. The van der Waals surface area contributed by atoms with Crippen molar-refractivity contribution < 1.29 is 0 Å². The lowest BCUT2D eigenvalue weighted by molar-refractivity contribution is 0.319. The van der Waals surface area contributed by atoms with Gasteiger partial charge in [-0.05, 0) is 73.6 Å². The van der Waals surface area contributed by atoms with Gasteiger partial charge >= 0.3 is 0 Å². The fourth-order valence-corrected chi connectivity index (χ4v) is 3.33. The molecule has 1 saturated carbocycles. The van der Waals surface area contributed by atoms with Crippen molar-refractivity contribution in [3.05, 3.63) is 59.2 Å². The number of benzene rings is 1. The number of hydrogen-bond donors (Lipinski definition) is 0. The molecule has 0 N–H and O–H groups in total. The molecule has 0 aliphatic heterocycles. The van der Waals surface area contributed by atoms with Gasteiger partial charge in [0.15, 0.2) is 0 Å². The molecule has 0 atom stereocenters. The van der Waals surface area contributed by atoms with E-state index in [4.69, 9.17) is 0 Å². The summed E-state index contributed by atoms with van der Waals surface area (Å²) in [6.07, 6.45) is 10.4. The van der Waals surface area contributed by atoms with E-state index in [-0.39, 0.29) is 0 Å². The first kappa shape index (κ1) is 15.7. The lowest BCUT2D eigenvalue weighted by Crippen LogP contribution is -2.12. The Kier molecular flexibility index (Phi) is 5.08. The maximum absolute atomic E-state index is 4.21. The lowest BCUT2D eigenvalue weighted by Gasteiger charge is -2.28. The van der Waals surface area contributed by atoms with Crippen LogP contribution in [0.5, 0.6) is 0 Å². The summed E-state index contributed by atoms with van der Waals surface area (Å²) in [5.41, 5.74) is 3.55. The standard InChI is InChI=1S/C21H24N2/c1-3-17-4-9-19(10-5-17)20-11-6-18(7-12-20)8-13-21-22-14-16(2)15-23-21/h6-7,11-12,14-15,17,19H,3-5,9-10H2,1-2H3. The monoisotopic (exact) mass is 304 g/mol. The molecule has 0 spiro atoms. The Hall–Kier alpha value is -2.14. The molecule has 1 aliphatic carbocycles. The minimum atomic E-state index is 0.581. The quantitative estimate of drug-likeness (QED) is 0.740. The van der Waals surface area contributed by atoms with Crippen LogP contribution in [0.4, 0.5) is 0 Å². The second-order valence-electron chi connectivity index (χ2n) is 6.58. The summed E-state index contributed by atoms with van der Waals surface area (Å²) < 4.78 is 0. The van der Waals surface area contributed by atoms with E-state index < -0.39 is 0 Å². The highest BCUT2D eigenvalue weighted by atomic mass is 14.8. The normalized spacial score (nSPS) is 20.6. The van der Waals surface area contributed by atoms with Crippen molar-refractivity contribution in [3.8, 4) is 11.8 Å². The number of aryl methyl sites for hydroxylation is 1. The first-order valence-corrected chi connectivity index (χ1v) is 8.65. The largest absolute Gasteiger partial charge is 0.229 e. The first-order valence-electron chi connectivity index (χ1n) is 8.65. The number of aromatic nitrogens is 2. The molecule has 2 heteroatoms. The highest BCUT2D eigenvalue weighted by Gasteiger charge is 2.20. The second-order valence-corrected chi connectivity index (χ2v) is 6.58. The lowest BCUT2D eigenvalue weighted by atomic mass is 9.78. The first-order chi connectivity index (χ1) is 11.2. The van der Waals surface area contributed by atoms with Crippen molar-refractivity contribution in [1.29, 1.82) is 0 Å². The van der Waals surface area contributed by atoms with Gasteiger partial charge in [-0.3, -0.25) is 0 Å². The Morgan fingerprint density at radius 2 is 1.61 bits per heavy atom. The zero-order valence-electron chi connectivity index (χ0n) is 14.0. The van der Waals surface area contributed by atoms with Crippen LogP contribution in [-0.2, 0) is 0 Å². The van der Waals surface area contributed by atoms with Gasteiger partial charge in [-0.1, -0.05) is 31.4 Å². The van der Waals surface area contributed by atoms with E-state index in [1.807, 2.05) is 6.92 Å². The Morgan fingerprint density at radius 1 is 0.957 bits per heavy atom. The molecule has 0 amide bonds. The van der Waals surface area contributed by atoms with Gasteiger partial charge in [0.25, 0.3) is 0 Å². The van der Waals surface area contributed by atoms with Crippen LogP contribution in [0, 0.1) is 24.7 Å². The minimum absolute atomic E-state index is 0.581. The van der Waals surface area contributed by atoms with Crippen molar-refractivity contribution in [1.82, 2.24) is 9.97 Å². The number of hydrogen-bond acceptors (Lipinski definition) is 2. The van der Waals surface area contributed by atoms with E-state index in [0.717, 1.165) is 23.0 Å². The topological polar surface area (TPSA) is 25.8 Å². The van der Waals surface area contributed by atoms with Crippen LogP contribution in [-0.4, -0.2) is 9.97 Å². The number of rotatable bonds is 2. The average molecular weight is 304 g/mol. The van der Waals surface area contributed by atoms with Gasteiger partial charge in [0.2, 0.25) is 5.82 Å². The third-order valence-electron chi connectivity index (χ3n) is 4.91. The van der Waals surface area contributed by atoms with Crippen molar-refractivity contribution in [2.45, 2.75) is 51.9 Å². The third kappa shape index (κ3) is 4.20. The Morgan fingerprint density at radius 3 is 2.22 bits per heavy atom. The van der Waals surface area contributed by atoms with Gasteiger partial charge in [0.05, 0.1) is 0 Å². The van der Waals surface area contributed by atoms with E-state index in [2.05, 4.69) is 53.0 Å². The number of nitrogens with zero attached hydrogens (tertiary/aromatic N) is 2. The van der Waals surface area contributed by atoms with E-state index in [1.54, 1.807) is 12.4 Å². The van der Waals surface area contributed by atoms with Crippen LogP contribution in [0.15, 0.2) is 36.7 Å². The molecule has 1 aromatic heterocycles. The molecule has 23 heavy (non-hydrogen) atoms. The Labute approximate surface area is 139 Å². The van der Waals surface area contributed by atoms with Gasteiger partial charge < -0.3 is 0 Å². The Bertz CT molecular complexity index is 681. The highest BCUT2D eigenvalue weighted by molar-refractivity contribution is 5.40. The molecule has 0 bridgehead atoms. The molecule has 1 fully saturated rings. The summed E-state index contributed by atoms with van der Waals surface area (Å²) in [7, 11) is 0. The minimum Gasteiger partial charge on any atom is -0.229 e. The smallest absolute Gasteiger partial charge is 0.205 e. The maximum Gasteiger partial charge on any atom is 0.205 e. The van der Waals surface area contributed by atoms with Crippen LogP contribution < -0.4 is 0 Å². The van der Waals surface area contributed by atoms with Crippen LogP contribution in [0.25, 0.3) is 0 Å². The fourth-order valence-electron chi connectivity index (χ4n) is 3.33. The molecule has 3 rings (SSSR count). The molecule has 0 radical (unpaired) electrons. The van der Waals surface area contributed by atoms with Crippen molar-refractivity contribution in [3.63, 3.8) is 0 Å². The molecule has 2 aromatic rings. The Balaban J connectivity index is 1.65. The summed E-state index contributed by atoms with van der Waals surface area (Å²) in [6.45, 7) is 4.29. The maximum atomic E-state index is 4.21. The predicted octanol–water partition coefficient (Wildman–Crippen LogP) is 4.87. The SMILES string of the molecule is CCC1CCC(c2ccc(C#Cc3ncc(C)cn3)cc2)CC1. The molecular weight excluding hydrogens is 280 g/mol. The average Bonchev–Trinajstić information content (AvgIpc) is 2.62. The fraction of sp³-hybridized carbons (Fsp3) is 0.429. The molecular formula is C21H24N2. The summed E-state index contributed by atoms with van der Waals surface area (Å²) in [4.78, 5) is 8.43. The summed E-state index contributed by atoms with van der Waals surface area (Å²) >= 11 is 0. The van der Waals surface area contributed by atoms with Gasteiger partial charge in [-0.2, -0.15) is 0 Å². The summed E-state index contributed by atoms with van der Waals surface area (Å²) in [5.74, 6) is 8.45. The van der Waals surface area contributed by atoms with Gasteiger partial charge in [0, 0.05) is 18.0 Å². The molecule has 0 unspecified atom stereocenters. The van der Waals surface area contributed by atoms with Crippen molar-refractivity contribution in [2.75, 3.05) is 0 Å². The van der Waals surface area contributed by atoms with Crippen LogP contribution in [0.2, 0.25) is 0 Å². The zero-order chi connectivity index (χ0) is 16.1. The van der Waals surface area contributed by atoms with E-state index in [9.17, 15) is 0 Å². The summed E-state index contributed by atoms with van der Waals surface area (Å²) in [5, 5.41) is 0. The molecule has 1 heterocycles. The van der Waals surface area contributed by atoms with Gasteiger partial charge in [-0.15, -0.1) is 0 Å². The van der Waals surface area contributed by atoms with Crippen LogP contribution in [0.3, 0.4) is 0 Å². The van der Waals surface area contributed by atoms with E-state index in [0.29, 0.717) is 5.82 Å². The summed E-state index contributed by atoms with van der Waals surface area (Å²) in [6, 6.07) is 8.75. The van der Waals surface area contributed by atoms with Crippen molar-refractivity contribution >= 4 is 0 Å². The third-order valence-corrected chi connectivity index (χ3v) is 4.91. The van der Waals surface area contributed by atoms with E-state index in [1.165, 1.54) is 37.7 Å². The van der Waals surface area contributed by atoms with Gasteiger partial charge in [-0.25, -0.2) is 9.97 Å².